The molecule has 3 rings (SSSR count). The van der Waals surface area contributed by atoms with Crippen molar-refractivity contribution in [1.29, 1.82) is 0 Å². The first-order chi connectivity index (χ1) is 11.0. The summed E-state index contributed by atoms with van der Waals surface area (Å²) in [6.45, 7) is 3.33. The molecule has 116 valence electrons. The predicted molar refractivity (Wildman–Crippen MR) is 86.7 cm³/mol. The molecule has 0 fully saturated rings. The van der Waals surface area contributed by atoms with Gasteiger partial charge in [-0.15, -0.1) is 0 Å². The van der Waals surface area contributed by atoms with Crippen molar-refractivity contribution >= 4 is 0 Å². The summed E-state index contributed by atoms with van der Waals surface area (Å²) in [7, 11) is 0. The minimum absolute atomic E-state index is 0.0644. The summed E-state index contributed by atoms with van der Waals surface area (Å²) in [5.41, 5.74) is 3.04. The molecule has 0 saturated heterocycles. The van der Waals surface area contributed by atoms with Crippen molar-refractivity contribution in [2.45, 2.75) is 13.8 Å². The van der Waals surface area contributed by atoms with Crippen LogP contribution in [0.25, 0.3) is 22.3 Å². The van der Waals surface area contributed by atoms with Gasteiger partial charge in [0.25, 0.3) is 0 Å². The Hall–Kier alpha value is -2.55. The van der Waals surface area contributed by atoms with E-state index in [0.717, 1.165) is 28.8 Å². The molecule has 0 amide bonds. The summed E-state index contributed by atoms with van der Waals surface area (Å²) in [5, 5.41) is 0. The third kappa shape index (κ3) is 3.00. The number of halogens is 3. The normalized spacial score (nSPS) is 10.8. The van der Waals surface area contributed by atoms with E-state index >= 15 is 0 Å². The van der Waals surface area contributed by atoms with Crippen LogP contribution >= 0.6 is 0 Å². The van der Waals surface area contributed by atoms with Crippen LogP contribution in [0.2, 0.25) is 0 Å². The van der Waals surface area contributed by atoms with Gasteiger partial charge in [0.1, 0.15) is 17.5 Å². The van der Waals surface area contributed by atoms with E-state index in [1.54, 1.807) is 12.1 Å². The maximum Gasteiger partial charge on any atom is 0.131 e. The largest absolute Gasteiger partial charge is 0.207 e. The molecular weight excluding hydrogens is 297 g/mol. The fraction of sp³-hybridized carbons (Fsp3) is 0.100. The highest BCUT2D eigenvalue weighted by Gasteiger charge is 2.12. The van der Waals surface area contributed by atoms with E-state index in [1.807, 2.05) is 31.2 Å². The third-order valence-corrected chi connectivity index (χ3v) is 3.95. The molecule has 3 aromatic carbocycles. The minimum Gasteiger partial charge on any atom is -0.207 e. The lowest BCUT2D eigenvalue weighted by molar-refractivity contribution is 0.568. The molecule has 0 unspecified atom stereocenters. The van der Waals surface area contributed by atoms with E-state index in [-0.39, 0.29) is 16.7 Å². The molecule has 0 atom stereocenters. The zero-order valence-electron chi connectivity index (χ0n) is 12.8. The van der Waals surface area contributed by atoms with Crippen LogP contribution in [0.5, 0.6) is 0 Å². The van der Waals surface area contributed by atoms with Crippen molar-refractivity contribution in [3.8, 4) is 22.3 Å². The number of hydrogen-bond donors (Lipinski definition) is 0. The molecule has 0 saturated carbocycles. The Kier molecular flexibility index (Phi) is 3.95. The molecule has 0 aliphatic rings. The lowest BCUT2D eigenvalue weighted by Crippen LogP contribution is -1.93. The Morgan fingerprint density at radius 1 is 0.565 bits per heavy atom. The second kappa shape index (κ2) is 5.92. The van der Waals surface area contributed by atoms with Gasteiger partial charge in [0.05, 0.1) is 0 Å². The van der Waals surface area contributed by atoms with Gasteiger partial charge >= 0.3 is 0 Å². The number of benzene rings is 3. The van der Waals surface area contributed by atoms with Crippen LogP contribution in [-0.2, 0) is 0 Å². The summed E-state index contributed by atoms with van der Waals surface area (Å²) in [6, 6.07) is 14.7. The SMILES string of the molecule is Cc1ccc(-c2ccc(-c3cc(F)c(C)c(F)c3)c(F)c2)cc1. The van der Waals surface area contributed by atoms with Gasteiger partial charge in [-0.25, -0.2) is 13.2 Å². The van der Waals surface area contributed by atoms with Gasteiger partial charge in [-0.2, -0.15) is 0 Å². The molecule has 0 aromatic heterocycles. The average Bonchev–Trinajstić information content (AvgIpc) is 2.53. The number of hydrogen-bond acceptors (Lipinski definition) is 0. The second-order valence-electron chi connectivity index (χ2n) is 5.63. The molecule has 0 aliphatic carbocycles. The van der Waals surface area contributed by atoms with Crippen molar-refractivity contribution < 1.29 is 13.2 Å². The van der Waals surface area contributed by atoms with Crippen molar-refractivity contribution in [2.75, 3.05) is 0 Å². The number of aryl methyl sites for hydroxylation is 1. The summed E-state index contributed by atoms with van der Waals surface area (Å²) in [6.07, 6.45) is 0. The zero-order valence-corrected chi connectivity index (χ0v) is 12.8. The smallest absolute Gasteiger partial charge is 0.131 e. The monoisotopic (exact) mass is 312 g/mol. The van der Waals surface area contributed by atoms with Gasteiger partial charge in [0, 0.05) is 11.1 Å². The highest BCUT2D eigenvalue weighted by Crippen LogP contribution is 2.30. The maximum absolute atomic E-state index is 14.4. The van der Waals surface area contributed by atoms with Gasteiger partial charge in [-0.05, 0) is 48.7 Å². The molecule has 3 aromatic rings. The van der Waals surface area contributed by atoms with Crippen LogP contribution in [0.3, 0.4) is 0 Å². The Labute approximate surface area is 133 Å². The van der Waals surface area contributed by atoms with E-state index in [0.29, 0.717) is 0 Å². The first-order valence-electron chi connectivity index (χ1n) is 7.28. The third-order valence-electron chi connectivity index (χ3n) is 3.95. The quantitative estimate of drug-likeness (QED) is 0.540. The fourth-order valence-corrected chi connectivity index (χ4v) is 2.48. The van der Waals surface area contributed by atoms with E-state index in [4.69, 9.17) is 0 Å². The molecule has 0 nitrogen and oxygen atoms in total. The Balaban J connectivity index is 2.04. The van der Waals surface area contributed by atoms with Gasteiger partial charge in [0.2, 0.25) is 0 Å². The predicted octanol–water partition coefficient (Wildman–Crippen LogP) is 6.05. The standard InChI is InChI=1S/C20H15F3/c1-12-3-5-14(6-4-12)15-7-8-17(20(23)9-15)16-10-18(21)13(2)19(22)11-16/h3-11H,1-2H3. The Morgan fingerprint density at radius 2 is 1.09 bits per heavy atom. The van der Waals surface area contributed by atoms with Crippen LogP contribution in [-0.4, -0.2) is 0 Å². The highest BCUT2D eigenvalue weighted by molar-refractivity contribution is 5.71. The molecular formula is C20H15F3. The first kappa shape index (κ1) is 15.3. The Morgan fingerprint density at radius 3 is 1.65 bits per heavy atom. The van der Waals surface area contributed by atoms with Crippen molar-refractivity contribution in [2.24, 2.45) is 0 Å². The Bertz CT molecular complexity index is 842. The zero-order chi connectivity index (χ0) is 16.6. The van der Waals surface area contributed by atoms with Crippen LogP contribution in [0.4, 0.5) is 13.2 Å². The minimum atomic E-state index is -0.679. The van der Waals surface area contributed by atoms with E-state index in [9.17, 15) is 13.2 Å². The van der Waals surface area contributed by atoms with Crippen molar-refractivity contribution in [3.05, 3.63) is 83.2 Å². The summed E-state index contributed by atoms with van der Waals surface area (Å²) >= 11 is 0. The molecule has 0 heterocycles. The lowest BCUT2D eigenvalue weighted by atomic mass is 9.98. The summed E-state index contributed by atoms with van der Waals surface area (Å²) in [5.74, 6) is -1.87. The van der Waals surface area contributed by atoms with Crippen LogP contribution in [0.15, 0.2) is 54.6 Å². The summed E-state index contributed by atoms with van der Waals surface area (Å²) < 4.78 is 41.8. The lowest BCUT2D eigenvalue weighted by Gasteiger charge is -2.09. The second-order valence-corrected chi connectivity index (χ2v) is 5.63. The molecule has 0 spiro atoms. The average molecular weight is 312 g/mol. The van der Waals surface area contributed by atoms with Gasteiger partial charge in [0.15, 0.2) is 0 Å². The molecule has 3 heteroatoms. The first-order valence-corrected chi connectivity index (χ1v) is 7.28. The number of rotatable bonds is 2. The fourth-order valence-electron chi connectivity index (χ4n) is 2.48. The van der Waals surface area contributed by atoms with E-state index in [2.05, 4.69) is 0 Å². The van der Waals surface area contributed by atoms with E-state index in [1.165, 1.54) is 13.0 Å². The topological polar surface area (TPSA) is 0 Å². The molecule has 0 bridgehead atoms. The molecule has 23 heavy (non-hydrogen) atoms. The van der Waals surface area contributed by atoms with Gasteiger partial charge in [-0.1, -0.05) is 42.0 Å². The summed E-state index contributed by atoms with van der Waals surface area (Å²) in [4.78, 5) is 0. The molecule has 0 aliphatic heterocycles. The van der Waals surface area contributed by atoms with Gasteiger partial charge in [-0.3, -0.25) is 0 Å². The van der Waals surface area contributed by atoms with E-state index < -0.39 is 17.5 Å². The van der Waals surface area contributed by atoms with Gasteiger partial charge < -0.3 is 0 Å². The van der Waals surface area contributed by atoms with Crippen LogP contribution in [0.1, 0.15) is 11.1 Å². The van der Waals surface area contributed by atoms with Crippen LogP contribution in [0, 0.1) is 31.3 Å². The molecule has 0 N–H and O–H groups in total. The van der Waals surface area contributed by atoms with Crippen LogP contribution < -0.4 is 0 Å². The molecule has 0 radical (unpaired) electrons. The van der Waals surface area contributed by atoms with Crippen molar-refractivity contribution in [3.63, 3.8) is 0 Å². The highest BCUT2D eigenvalue weighted by atomic mass is 19.1. The maximum atomic E-state index is 14.4. The van der Waals surface area contributed by atoms with Crippen molar-refractivity contribution in [1.82, 2.24) is 0 Å².